The molecule has 2 aromatic heterocycles. The molecule has 2 heterocycles. The molecule has 0 amide bonds. The van der Waals surface area contributed by atoms with Crippen LogP contribution in [-0.2, 0) is 0 Å². The van der Waals surface area contributed by atoms with E-state index in [0.717, 1.165) is 22.5 Å². The fourth-order valence-electron chi connectivity index (χ4n) is 2.72. The molecule has 8 heteroatoms. The molecule has 0 aliphatic carbocycles. The Balaban J connectivity index is 1.90. The van der Waals surface area contributed by atoms with Gasteiger partial charge in [0.15, 0.2) is 4.80 Å². The average Bonchev–Trinajstić information content (AvgIpc) is 3.13. The molecule has 4 rings (SSSR count). The monoisotopic (exact) mass is 389 g/mol. The van der Waals surface area contributed by atoms with E-state index in [-0.39, 0.29) is 5.69 Å². The number of nitro groups is 1. The fourth-order valence-corrected chi connectivity index (χ4v) is 3.62. The van der Waals surface area contributed by atoms with Crippen molar-refractivity contribution in [3.8, 4) is 16.9 Å². The second-order valence-electron chi connectivity index (χ2n) is 6.04. The van der Waals surface area contributed by atoms with Gasteiger partial charge in [-0.3, -0.25) is 14.7 Å². The van der Waals surface area contributed by atoms with E-state index in [1.165, 1.54) is 23.5 Å². The van der Waals surface area contributed by atoms with Crippen molar-refractivity contribution in [1.29, 1.82) is 0 Å². The summed E-state index contributed by atoms with van der Waals surface area (Å²) in [7, 11) is 0. The smallest absolute Gasteiger partial charge is 0.269 e. The van der Waals surface area contributed by atoms with E-state index in [2.05, 4.69) is 15.0 Å². The maximum Gasteiger partial charge on any atom is 0.269 e. The molecule has 28 heavy (non-hydrogen) atoms. The van der Waals surface area contributed by atoms with Crippen molar-refractivity contribution in [2.24, 2.45) is 4.99 Å². The van der Waals surface area contributed by atoms with Gasteiger partial charge in [-0.25, -0.2) is 9.97 Å². The number of hydrogen-bond donors (Lipinski definition) is 0. The number of hydrogen-bond acceptors (Lipinski definition) is 6. The van der Waals surface area contributed by atoms with Crippen LogP contribution in [0.2, 0.25) is 0 Å². The quantitative estimate of drug-likeness (QED) is 0.381. The molecule has 2 aromatic carbocycles. The van der Waals surface area contributed by atoms with E-state index in [0.29, 0.717) is 10.7 Å². The number of nitrogens with zero attached hydrogens (tertiary/aromatic N) is 5. The number of non-ortho nitro benzene ring substituents is 1. The van der Waals surface area contributed by atoms with Gasteiger partial charge in [-0.2, -0.15) is 4.99 Å². The summed E-state index contributed by atoms with van der Waals surface area (Å²) in [6, 6.07) is 16.3. The fraction of sp³-hybridized carbons (Fsp3) is 0.0500. The largest absolute Gasteiger partial charge is 0.285 e. The lowest BCUT2D eigenvalue weighted by atomic mass is 10.1. The van der Waals surface area contributed by atoms with Crippen LogP contribution in [0.15, 0.2) is 77.4 Å². The summed E-state index contributed by atoms with van der Waals surface area (Å²) in [5.41, 5.74) is 3.90. The predicted octanol–water partition coefficient (Wildman–Crippen LogP) is 4.44. The first-order valence-corrected chi connectivity index (χ1v) is 9.34. The Labute approximate surface area is 164 Å². The van der Waals surface area contributed by atoms with Crippen molar-refractivity contribution in [1.82, 2.24) is 14.5 Å². The second kappa shape index (κ2) is 7.53. The zero-order valence-corrected chi connectivity index (χ0v) is 15.7. The minimum absolute atomic E-state index is 0.0588. The van der Waals surface area contributed by atoms with Crippen LogP contribution in [0.1, 0.15) is 5.56 Å². The standard InChI is InChI=1S/C20H15N5O2S/c1-14-3-7-16(8-4-14)24-18(15-5-9-17(10-6-15)25(26)27)13-28-20(24)23-19-21-11-2-12-22-19/h2-13H,1H3/b23-20-. The Bertz CT molecular complexity index is 1180. The van der Waals surface area contributed by atoms with Gasteiger partial charge in [-0.05, 0) is 42.8 Å². The third kappa shape index (κ3) is 3.58. The Morgan fingerprint density at radius 2 is 1.71 bits per heavy atom. The molecule has 4 aromatic rings. The van der Waals surface area contributed by atoms with Gasteiger partial charge < -0.3 is 0 Å². The van der Waals surface area contributed by atoms with Crippen molar-refractivity contribution in [3.63, 3.8) is 0 Å². The van der Waals surface area contributed by atoms with Gasteiger partial charge in [0.1, 0.15) is 0 Å². The van der Waals surface area contributed by atoms with E-state index < -0.39 is 4.92 Å². The van der Waals surface area contributed by atoms with Crippen molar-refractivity contribution in [2.75, 3.05) is 0 Å². The minimum atomic E-state index is -0.404. The third-order valence-electron chi connectivity index (χ3n) is 4.12. The molecule has 138 valence electrons. The van der Waals surface area contributed by atoms with Crippen LogP contribution >= 0.6 is 11.3 Å². The third-order valence-corrected chi connectivity index (χ3v) is 4.95. The first-order valence-electron chi connectivity index (χ1n) is 8.46. The van der Waals surface area contributed by atoms with Crippen LogP contribution < -0.4 is 4.80 Å². The second-order valence-corrected chi connectivity index (χ2v) is 6.88. The van der Waals surface area contributed by atoms with E-state index in [1.54, 1.807) is 30.6 Å². The number of rotatable bonds is 4. The topological polar surface area (TPSA) is 86.2 Å². The summed E-state index contributed by atoms with van der Waals surface area (Å²) in [6.45, 7) is 2.03. The number of aromatic nitrogens is 3. The van der Waals surface area contributed by atoms with Crippen LogP contribution in [-0.4, -0.2) is 19.5 Å². The van der Waals surface area contributed by atoms with Crippen molar-refractivity contribution < 1.29 is 4.92 Å². The molecule has 0 N–H and O–H groups in total. The van der Waals surface area contributed by atoms with Crippen LogP contribution in [0.5, 0.6) is 0 Å². The highest BCUT2D eigenvalue weighted by molar-refractivity contribution is 7.07. The molecular weight excluding hydrogens is 374 g/mol. The Morgan fingerprint density at radius 3 is 2.36 bits per heavy atom. The van der Waals surface area contributed by atoms with Gasteiger partial charge in [-0.1, -0.05) is 17.7 Å². The van der Waals surface area contributed by atoms with Gasteiger partial charge in [-0.15, -0.1) is 11.3 Å². The van der Waals surface area contributed by atoms with E-state index in [4.69, 9.17) is 0 Å². The normalized spacial score (nSPS) is 11.5. The van der Waals surface area contributed by atoms with Gasteiger partial charge >= 0.3 is 0 Å². The molecule has 0 aliphatic rings. The van der Waals surface area contributed by atoms with Crippen LogP contribution in [0, 0.1) is 17.0 Å². The molecule has 0 saturated heterocycles. The molecule has 7 nitrogen and oxygen atoms in total. The van der Waals surface area contributed by atoms with E-state index in [1.807, 2.05) is 41.1 Å². The number of thiazole rings is 1. The first kappa shape index (κ1) is 17.7. The van der Waals surface area contributed by atoms with Crippen molar-refractivity contribution in [2.45, 2.75) is 6.92 Å². The summed E-state index contributed by atoms with van der Waals surface area (Å²) in [5.74, 6) is 0.375. The van der Waals surface area contributed by atoms with Gasteiger partial charge in [0.25, 0.3) is 11.6 Å². The number of aryl methyl sites for hydroxylation is 1. The molecule has 0 fully saturated rings. The van der Waals surface area contributed by atoms with Gasteiger partial charge in [0.05, 0.1) is 10.6 Å². The Morgan fingerprint density at radius 1 is 1.04 bits per heavy atom. The molecule has 0 atom stereocenters. The van der Waals surface area contributed by atoms with Crippen LogP contribution in [0.25, 0.3) is 16.9 Å². The molecule has 0 bridgehead atoms. The molecule has 0 aliphatic heterocycles. The van der Waals surface area contributed by atoms with Crippen molar-refractivity contribution in [3.05, 3.63) is 92.9 Å². The predicted molar refractivity (Wildman–Crippen MR) is 108 cm³/mol. The summed E-state index contributed by atoms with van der Waals surface area (Å²) < 4.78 is 2.00. The molecule has 0 saturated carbocycles. The lowest BCUT2D eigenvalue weighted by Gasteiger charge is -2.09. The maximum absolute atomic E-state index is 10.9. The zero-order chi connectivity index (χ0) is 19.5. The maximum atomic E-state index is 10.9. The highest BCUT2D eigenvalue weighted by Crippen LogP contribution is 2.26. The van der Waals surface area contributed by atoms with Gasteiger partial charge in [0.2, 0.25) is 0 Å². The number of benzene rings is 2. The lowest BCUT2D eigenvalue weighted by molar-refractivity contribution is -0.384. The van der Waals surface area contributed by atoms with Crippen LogP contribution in [0.3, 0.4) is 0 Å². The molecule has 0 unspecified atom stereocenters. The minimum Gasteiger partial charge on any atom is -0.285 e. The average molecular weight is 389 g/mol. The Hall–Kier alpha value is -3.65. The summed E-state index contributed by atoms with van der Waals surface area (Å²) in [5, 5.41) is 12.9. The highest BCUT2D eigenvalue weighted by Gasteiger charge is 2.12. The van der Waals surface area contributed by atoms with Gasteiger partial charge in [0, 0.05) is 35.6 Å². The Kier molecular flexibility index (Phi) is 4.77. The molecule has 0 radical (unpaired) electrons. The number of nitro benzene ring substituents is 1. The lowest BCUT2D eigenvalue weighted by Crippen LogP contribution is -2.14. The first-order chi connectivity index (χ1) is 13.6. The highest BCUT2D eigenvalue weighted by atomic mass is 32.1. The van der Waals surface area contributed by atoms with Crippen LogP contribution in [0.4, 0.5) is 11.6 Å². The van der Waals surface area contributed by atoms with E-state index >= 15 is 0 Å². The molecular formula is C20H15N5O2S. The summed E-state index contributed by atoms with van der Waals surface area (Å²) in [4.78, 5) is 24.2. The van der Waals surface area contributed by atoms with Crippen molar-refractivity contribution >= 4 is 23.0 Å². The van der Waals surface area contributed by atoms with E-state index in [9.17, 15) is 10.1 Å². The summed E-state index contributed by atoms with van der Waals surface area (Å²) in [6.07, 6.45) is 3.29. The summed E-state index contributed by atoms with van der Waals surface area (Å²) >= 11 is 1.46. The SMILES string of the molecule is Cc1ccc(-n2c(-c3ccc([N+](=O)[O-])cc3)cs/c2=N\c2ncccn2)cc1. The molecule has 0 spiro atoms. The zero-order valence-electron chi connectivity index (χ0n) is 14.9.